The summed E-state index contributed by atoms with van der Waals surface area (Å²) >= 11 is 0. The van der Waals surface area contributed by atoms with Gasteiger partial charge < -0.3 is 14.2 Å². The molecule has 1 aliphatic rings. The predicted octanol–water partition coefficient (Wildman–Crippen LogP) is 3.17. The summed E-state index contributed by atoms with van der Waals surface area (Å²) in [4.78, 5) is 25.3. The summed E-state index contributed by atoms with van der Waals surface area (Å²) in [7, 11) is 0. The summed E-state index contributed by atoms with van der Waals surface area (Å²) in [6.45, 7) is 8.70. The molecule has 1 heterocycles. The largest absolute Gasteiger partial charge is 0.447 e. The fraction of sp³-hybridized carbons (Fsp3) is 0.500. The smallest absolute Gasteiger partial charge is 0.417 e. The van der Waals surface area contributed by atoms with Gasteiger partial charge in [-0.3, -0.25) is 4.79 Å². The SMILES string of the molecule is C=C[C@H](CCOCc1ccccc1)OCC(=O)N1C(=O)OC[C@@H]1C(C)C. The Morgan fingerprint density at radius 1 is 1.38 bits per heavy atom. The molecule has 0 saturated carbocycles. The highest BCUT2D eigenvalue weighted by Gasteiger charge is 2.39. The Bertz CT molecular complexity index is 601. The normalized spacial score (nSPS) is 18.0. The van der Waals surface area contributed by atoms with Gasteiger partial charge in [0.1, 0.15) is 13.2 Å². The zero-order valence-corrected chi connectivity index (χ0v) is 15.4. The lowest BCUT2D eigenvalue weighted by Gasteiger charge is -2.23. The van der Waals surface area contributed by atoms with Crippen molar-refractivity contribution >= 4 is 12.0 Å². The van der Waals surface area contributed by atoms with Gasteiger partial charge in [0.2, 0.25) is 0 Å². The highest BCUT2D eigenvalue weighted by atomic mass is 16.6. The van der Waals surface area contributed by atoms with Gasteiger partial charge in [-0.1, -0.05) is 50.3 Å². The molecule has 1 aromatic rings. The number of imide groups is 1. The van der Waals surface area contributed by atoms with Crippen LogP contribution in [0.2, 0.25) is 0 Å². The molecule has 0 radical (unpaired) electrons. The van der Waals surface area contributed by atoms with Crippen molar-refractivity contribution in [2.24, 2.45) is 5.92 Å². The number of hydrogen-bond donors (Lipinski definition) is 0. The van der Waals surface area contributed by atoms with E-state index in [-0.39, 0.29) is 37.2 Å². The number of carbonyl (C=O) groups is 2. The van der Waals surface area contributed by atoms with Crippen LogP contribution in [-0.2, 0) is 25.6 Å². The van der Waals surface area contributed by atoms with Crippen LogP contribution in [0, 0.1) is 5.92 Å². The lowest BCUT2D eigenvalue weighted by molar-refractivity contribution is -0.136. The van der Waals surface area contributed by atoms with Gasteiger partial charge in [-0.15, -0.1) is 6.58 Å². The first-order chi connectivity index (χ1) is 12.5. The molecular weight excluding hydrogens is 334 g/mol. The molecule has 142 valence electrons. The summed E-state index contributed by atoms with van der Waals surface area (Å²) < 4.78 is 16.2. The number of benzene rings is 1. The van der Waals surface area contributed by atoms with Gasteiger partial charge >= 0.3 is 6.09 Å². The van der Waals surface area contributed by atoms with E-state index in [9.17, 15) is 9.59 Å². The molecule has 0 spiro atoms. The fourth-order valence-electron chi connectivity index (χ4n) is 2.69. The quantitative estimate of drug-likeness (QED) is 0.473. The molecule has 2 atom stereocenters. The molecule has 6 heteroatoms. The van der Waals surface area contributed by atoms with Crippen LogP contribution in [0.25, 0.3) is 0 Å². The molecule has 2 rings (SSSR count). The summed E-state index contributed by atoms with van der Waals surface area (Å²) in [6.07, 6.45) is 1.31. The van der Waals surface area contributed by atoms with Gasteiger partial charge in [0.05, 0.1) is 18.8 Å². The molecule has 0 bridgehead atoms. The Kier molecular flexibility index (Phi) is 7.81. The number of cyclic esters (lactones) is 1. The number of rotatable bonds is 10. The van der Waals surface area contributed by atoms with Crippen molar-refractivity contribution in [3.63, 3.8) is 0 Å². The lowest BCUT2D eigenvalue weighted by atomic mass is 10.0. The summed E-state index contributed by atoms with van der Waals surface area (Å²) in [5.41, 5.74) is 1.10. The molecule has 0 aliphatic carbocycles. The van der Waals surface area contributed by atoms with Crippen LogP contribution in [0.1, 0.15) is 25.8 Å². The number of ether oxygens (including phenoxy) is 3. The first-order valence-electron chi connectivity index (χ1n) is 8.87. The van der Waals surface area contributed by atoms with E-state index in [1.54, 1.807) is 6.08 Å². The van der Waals surface area contributed by atoms with E-state index < -0.39 is 6.09 Å². The minimum absolute atomic E-state index is 0.131. The second kappa shape index (κ2) is 10.1. The molecular formula is C20H27NO5. The average Bonchev–Trinajstić information content (AvgIpc) is 3.03. The van der Waals surface area contributed by atoms with Crippen LogP contribution in [0.4, 0.5) is 4.79 Å². The molecule has 26 heavy (non-hydrogen) atoms. The molecule has 0 unspecified atom stereocenters. The fourth-order valence-corrected chi connectivity index (χ4v) is 2.69. The molecule has 2 amide bonds. The van der Waals surface area contributed by atoms with Crippen molar-refractivity contribution in [3.8, 4) is 0 Å². The highest BCUT2D eigenvalue weighted by molar-refractivity contribution is 5.94. The maximum atomic E-state index is 12.3. The molecule has 1 fully saturated rings. The second-order valence-electron chi connectivity index (χ2n) is 6.56. The molecule has 1 aromatic carbocycles. The molecule has 1 aliphatic heterocycles. The number of carbonyl (C=O) groups excluding carboxylic acids is 2. The second-order valence-corrected chi connectivity index (χ2v) is 6.56. The maximum absolute atomic E-state index is 12.3. The van der Waals surface area contributed by atoms with Crippen LogP contribution < -0.4 is 0 Å². The third-order valence-corrected chi connectivity index (χ3v) is 4.29. The van der Waals surface area contributed by atoms with Crippen molar-refractivity contribution in [3.05, 3.63) is 48.6 Å². The summed E-state index contributed by atoms with van der Waals surface area (Å²) in [5, 5.41) is 0. The van der Waals surface area contributed by atoms with E-state index >= 15 is 0 Å². The van der Waals surface area contributed by atoms with Crippen molar-refractivity contribution in [1.82, 2.24) is 4.90 Å². The summed E-state index contributed by atoms with van der Waals surface area (Å²) in [6, 6.07) is 9.65. The molecule has 0 aromatic heterocycles. The Labute approximate surface area is 154 Å². The summed E-state index contributed by atoms with van der Waals surface area (Å²) in [5.74, 6) is -0.254. The van der Waals surface area contributed by atoms with Crippen LogP contribution in [-0.4, -0.2) is 48.9 Å². The monoisotopic (exact) mass is 361 g/mol. The number of nitrogens with zero attached hydrogens (tertiary/aromatic N) is 1. The Morgan fingerprint density at radius 3 is 2.77 bits per heavy atom. The zero-order valence-electron chi connectivity index (χ0n) is 15.4. The first-order valence-corrected chi connectivity index (χ1v) is 8.87. The van der Waals surface area contributed by atoms with Crippen molar-refractivity contribution < 1.29 is 23.8 Å². The third-order valence-electron chi connectivity index (χ3n) is 4.29. The van der Waals surface area contributed by atoms with E-state index in [2.05, 4.69) is 6.58 Å². The van der Waals surface area contributed by atoms with Gasteiger partial charge in [-0.25, -0.2) is 9.69 Å². The molecule has 1 saturated heterocycles. The Hall–Kier alpha value is -2.18. The Morgan fingerprint density at radius 2 is 2.12 bits per heavy atom. The van der Waals surface area contributed by atoms with Gasteiger partial charge in [-0.2, -0.15) is 0 Å². The minimum atomic E-state index is -0.598. The van der Waals surface area contributed by atoms with E-state index in [4.69, 9.17) is 14.2 Å². The van der Waals surface area contributed by atoms with Crippen LogP contribution in [0.5, 0.6) is 0 Å². The van der Waals surface area contributed by atoms with Crippen molar-refractivity contribution in [2.45, 2.75) is 39.0 Å². The van der Waals surface area contributed by atoms with E-state index in [0.29, 0.717) is 19.6 Å². The van der Waals surface area contributed by atoms with Crippen LogP contribution >= 0.6 is 0 Å². The van der Waals surface area contributed by atoms with Crippen LogP contribution in [0.15, 0.2) is 43.0 Å². The average molecular weight is 361 g/mol. The van der Waals surface area contributed by atoms with Crippen molar-refractivity contribution in [1.29, 1.82) is 0 Å². The van der Waals surface area contributed by atoms with E-state index in [1.165, 1.54) is 0 Å². The van der Waals surface area contributed by atoms with Crippen molar-refractivity contribution in [2.75, 3.05) is 19.8 Å². The van der Waals surface area contributed by atoms with E-state index in [1.807, 2.05) is 44.2 Å². The van der Waals surface area contributed by atoms with Gasteiger partial charge in [0.25, 0.3) is 5.91 Å². The minimum Gasteiger partial charge on any atom is -0.447 e. The lowest BCUT2D eigenvalue weighted by Crippen LogP contribution is -2.44. The number of amides is 2. The first kappa shape index (κ1) is 20.1. The predicted molar refractivity (Wildman–Crippen MR) is 97.5 cm³/mol. The zero-order chi connectivity index (χ0) is 18.9. The van der Waals surface area contributed by atoms with E-state index in [0.717, 1.165) is 10.5 Å². The maximum Gasteiger partial charge on any atom is 0.417 e. The highest BCUT2D eigenvalue weighted by Crippen LogP contribution is 2.20. The van der Waals surface area contributed by atoms with Gasteiger partial charge in [-0.05, 0) is 11.5 Å². The van der Waals surface area contributed by atoms with Crippen LogP contribution in [0.3, 0.4) is 0 Å². The topological polar surface area (TPSA) is 65.1 Å². The van der Waals surface area contributed by atoms with Gasteiger partial charge in [0.15, 0.2) is 0 Å². The number of hydrogen-bond acceptors (Lipinski definition) is 5. The molecule has 6 nitrogen and oxygen atoms in total. The Balaban J connectivity index is 1.72. The standard InChI is InChI=1S/C20H27NO5/c1-4-17(10-11-24-12-16-8-6-5-7-9-16)25-14-19(22)21-18(15(2)3)13-26-20(21)23/h4-9,15,17-18H,1,10-14H2,2-3H3/t17-,18-/m1/s1. The third kappa shape index (κ3) is 5.68. The van der Waals surface area contributed by atoms with Gasteiger partial charge in [0, 0.05) is 13.0 Å². The molecule has 0 N–H and O–H groups in total.